The van der Waals surface area contributed by atoms with Crippen molar-refractivity contribution < 1.29 is 0 Å². The van der Waals surface area contributed by atoms with Crippen LogP contribution in [0.25, 0.3) is 104 Å². The van der Waals surface area contributed by atoms with E-state index in [0.29, 0.717) is 5.56 Å². The summed E-state index contributed by atoms with van der Waals surface area (Å²) in [6.45, 7) is 0. The van der Waals surface area contributed by atoms with Gasteiger partial charge in [-0.15, -0.1) is 0 Å². The molecule has 0 unspecified atom stereocenters. The molecule has 0 saturated carbocycles. The standard InChI is InChI=1S/C49H28N4/c50-28-30-22-24-43-40(26-30)41-27-31(23-25-44(41)53(43)33-13-2-1-3-14-33)45-35-16-6-8-18-37(35)47(38-19-9-7-17-36(38)45)49-48-46(39-20-10-11-21-42(39)52-49)34-15-5-4-12-32(34)29-51-48/h1-27,29H. The number of pyridine rings is 2. The van der Waals surface area contributed by atoms with Crippen molar-refractivity contribution in [3.63, 3.8) is 0 Å². The van der Waals surface area contributed by atoms with Gasteiger partial charge in [0.15, 0.2) is 0 Å². The number of hydrogen-bond acceptors (Lipinski definition) is 3. The minimum absolute atomic E-state index is 0.645. The first kappa shape index (κ1) is 29.4. The largest absolute Gasteiger partial charge is 0.309 e. The fourth-order valence-electron chi connectivity index (χ4n) is 8.54. The Balaban J connectivity index is 1.25. The highest BCUT2D eigenvalue weighted by Gasteiger charge is 2.22. The molecule has 11 rings (SSSR count). The van der Waals surface area contributed by atoms with E-state index in [2.05, 4.69) is 156 Å². The summed E-state index contributed by atoms with van der Waals surface area (Å²) in [6, 6.07) is 59.9. The van der Waals surface area contributed by atoms with Gasteiger partial charge < -0.3 is 4.57 Å². The third kappa shape index (κ3) is 4.29. The molecule has 53 heavy (non-hydrogen) atoms. The van der Waals surface area contributed by atoms with Gasteiger partial charge in [0.2, 0.25) is 0 Å². The first-order valence-electron chi connectivity index (χ1n) is 17.8. The van der Waals surface area contributed by atoms with Crippen LogP contribution in [0, 0.1) is 11.3 Å². The summed E-state index contributed by atoms with van der Waals surface area (Å²) in [7, 11) is 0. The third-order valence-corrected chi connectivity index (χ3v) is 10.8. The van der Waals surface area contributed by atoms with Crippen molar-refractivity contribution in [2.45, 2.75) is 0 Å². The Morgan fingerprint density at radius 1 is 0.491 bits per heavy atom. The van der Waals surface area contributed by atoms with Crippen molar-refractivity contribution >= 4 is 75.9 Å². The summed E-state index contributed by atoms with van der Waals surface area (Å²) in [5, 5.41) is 21.1. The Morgan fingerprint density at radius 3 is 1.79 bits per heavy atom. The van der Waals surface area contributed by atoms with Gasteiger partial charge >= 0.3 is 0 Å². The molecule has 0 N–H and O–H groups in total. The molecule has 0 amide bonds. The Hall–Kier alpha value is -7.35. The van der Waals surface area contributed by atoms with Crippen LogP contribution in [0.2, 0.25) is 0 Å². The summed E-state index contributed by atoms with van der Waals surface area (Å²) < 4.78 is 2.29. The van der Waals surface area contributed by atoms with Crippen molar-refractivity contribution in [1.82, 2.24) is 14.5 Å². The lowest BCUT2D eigenvalue weighted by molar-refractivity contribution is 1.18. The lowest BCUT2D eigenvalue weighted by Gasteiger charge is -2.19. The van der Waals surface area contributed by atoms with Crippen LogP contribution in [-0.4, -0.2) is 14.5 Å². The number of hydrogen-bond donors (Lipinski definition) is 0. The monoisotopic (exact) mass is 672 g/mol. The lowest BCUT2D eigenvalue weighted by Crippen LogP contribution is -1.96. The zero-order valence-electron chi connectivity index (χ0n) is 28.5. The number of fused-ring (bicyclic) bond motifs is 10. The van der Waals surface area contributed by atoms with Crippen LogP contribution in [0.15, 0.2) is 170 Å². The van der Waals surface area contributed by atoms with Gasteiger partial charge in [-0.05, 0) is 86.6 Å². The molecule has 0 aliphatic rings. The molecular weight excluding hydrogens is 645 g/mol. The number of rotatable bonds is 3. The van der Waals surface area contributed by atoms with E-state index < -0.39 is 0 Å². The van der Waals surface area contributed by atoms with Gasteiger partial charge in [-0.25, -0.2) is 4.98 Å². The molecule has 0 atom stereocenters. The maximum Gasteiger partial charge on any atom is 0.0991 e. The van der Waals surface area contributed by atoms with Crippen LogP contribution in [-0.2, 0) is 0 Å². The molecule has 0 saturated heterocycles. The average Bonchev–Trinajstić information content (AvgIpc) is 3.55. The Labute approximate surface area is 304 Å². The highest BCUT2D eigenvalue weighted by molar-refractivity contribution is 6.27. The summed E-state index contributed by atoms with van der Waals surface area (Å²) in [4.78, 5) is 10.6. The van der Waals surface area contributed by atoms with Crippen LogP contribution in [0.1, 0.15) is 5.56 Å². The van der Waals surface area contributed by atoms with Crippen LogP contribution in [0.3, 0.4) is 0 Å². The summed E-state index contributed by atoms with van der Waals surface area (Å²) in [6.07, 6.45) is 1.98. The second-order valence-electron chi connectivity index (χ2n) is 13.6. The number of aromatic nitrogens is 3. The summed E-state index contributed by atoms with van der Waals surface area (Å²) >= 11 is 0. The quantitative estimate of drug-likeness (QED) is 0.139. The number of nitrogens with zero attached hydrogens (tertiary/aromatic N) is 4. The summed E-state index contributed by atoms with van der Waals surface area (Å²) in [5.74, 6) is 0. The molecule has 0 radical (unpaired) electrons. The molecule has 3 heterocycles. The number of para-hydroxylation sites is 2. The molecule has 4 nitrogen and oxygen atoms in total. The minimum atomic E-state index is 0.645. The molecule has 0 aliphatic carbocycles. The molecule has 0 fully saturated rings. The Kier molecular flexibility index (Phi) is 6.28. The minimum Gasteiger partial charge on any atom is -0.309 e. The SMILES string of the molecule is N#Cc1ccc2c(c1)c1cc(-c3c4ccccc4c(-c4nc5ccccc5c5c4ncc4ccccc45)c4ccccc34)ccc1n2-c1ccccc1. The van der Waals surface area contributed by atoms with Crippen molar-refractivity contribution in [2.75, 3.05) is 0 Å². The van der Waals surface area contributed by atoms with Crippen LogP contribution >= 0.6 is 0 Å². The van der Waals surface area contributed by atoms with Crippen LogP contribution in [0.5, 0.6) is 0 Å². The van der Waals surface area contributed by atoms with E-state index in [1.807, 2.05) is 24.4 Å². The lowest BCUT2D eigenvalue weighted by atomic mass is 9.86. The zero-order valence-corrected chi connectivity index (χ0v) is 28.5. The van der Waals surface area contributed by atoms with Crippen molar-refractivity contribution in [2.24, 2.45) is 0 Å². The molecule has 11 aromatic rings. The van der Waals surface area contributed by atoms with E-state index in [1.165, 1.54) is 10.9 Å². The fourth-order valence-corrected chi connectivity index (χ4v) is 8.54. The van der Waals surface area contributed by atoms with E-state index in [4.69, 9.17) is 9.97 Å². The van der Waals surface area contributed by atoms with Gasteiger partial charge in [0.25, 0.3) is 0 Å². The van der Waals surface area contributed by atoms with Crippen molar-refractivity contribution in [3.8, 4) is 34.1 Å². The van der Waals surface area contributed by atoms with Crippen molar-refractivity contribution in [3.05, 3.63) is 176 Å². The second kappa shape index (κ2) is 11.3. The average molecular weight is 673 g/mol. The topological polar surface area (TPSA) is 54.5 Å². The van der Waals surface area contributed by atoms with Gasteiger partial charge in [-0.2, -0.15) is 5.26 Å². The first-order chi connectivity index (χ1) is 26.3. The Bertz CT molecular complexity index is 3280. The van der Waals surface area contributed by atoms with Gasteiger partial charge in [-0.1, -0.05) is 115 Å². The van der Waals surface area contributed by atoms with E-state index >= 15 is 0 Å². The molecule has 3 aromatic heterocycles. The van der Waals surface area contributed by atoms with Gasteiger partial charge in [-0.3, -0.25) is 4.98 Å². The first-order valence-corrected chi connectivity index (χ1v) is 17.8. The van der Waals surface area contributed by atoms with E-state index in [1.54, 1.807) is 0 Å². The fraction of sp³-hybridized carbons (Fsp3) is 0. The van der Waals surface area contributed by atoms with Crippen LogP contribution in [0.4, 0.5) is 0 Å². The van der Waals surface area contributed by atoms with Gasteiger partial charge in [0, 0.05) is 44.4 Å². The summed E-state index contributed by atoms with van der Waals surface area (Å²) in [5.41, 5.74) is 9.99. The molecule has 0 bridgehead atoms. The van der Waals surface area contributed by atoms with Gasteiger partial charge in [0.05, 0.1) is 39.4 Å². The molecule has 8 aromatic carbocycles. The maximum atomic E-state index is 9.89. The molecule has 4 heteroatoms. The molecule has 244 valence electrons. The number of nitriles is 1. The molecule has 0 aliphatic heterocycles. The second-order valence-corrected chi connectivity index (χ2v) is 13.6. The predicted octanol–water partition coefficient (Wildman–Crippen LogP) is 12.5. The highest BCUT2D eigenvalue weighted by atomic mass is 15.0. The van der Waals surface area contributed by atoms with Crippen LogP contribution < -0.4 is 0 Å². The normalized spacial score (nSPS) is 11.8. The van der Waals surface area contributed by atoms with Gasteiger partial charge in [0.1, 0.15) is 0 Å². The Morgan fingerprint density at radius 2 is 1.08 bits per heavy atom. The smallest absolute Gasteiger partial charge is 0.0991 e. The zero-order chi connectivity index (χ0) is 35.0. The van der Waals surface area contributed by atoms with E-state index in [0.717, 1.165) is 93.1 Å². The maximum absolute atomic E-state index is 9.89. The van der Waals surface area contributed by atoms with E-state index in [-0.39, 0.29) is 0 Å². The van der Waals surface area contributed by atoms with Crippen molar-refractivity contribution in [1.29, 1.82) is 5.26 Å². The highest BCUT2D eigenvalue weighted by Crippen LogP contribution is 2.47. The molecular formula is C49H28N4. The number of benzene rings is 8. The third-order valence-electron chi connectivity index (χ3n) is 10.8. The predicted molar refractivity (Wildman–Crippen MR) is 219 cm³/mol. The van der Waals surface area contributed by atoms with E-state index in [9.17, 15) is 5.26 Å². The molecule has 0 spiro atoms.